The van der Waals surface area contributed by atoms with Gasteiger partial charge in [-0.05, 0) is 55.8 Å². The molecular weight excluding hydrogens is 528 g/mol. The molecule has 7 atom stereocenters. The molecule has 10 nitrogen and oxygen atoms in total. The zero-order valence-electron chi connectivity index (χ0n) is 23.1. The van der Waals surface area contributed by atoms with Crippen molar-refractivity contribution in [1.29, 1.82) is 0 Å². The van der Waals surface area contributed by atoms with Gasteiger partial charge in [0.2, 0.25) is 5.72 Å². The Labute approximate surface area is 237 Å². The Morgan fingerprint density at radius 3 is 2.68 bits per heavy atom. The molecule has 2 N–H and O–H groups in total. The molecule has 4 heterocycles. The van der Waals surface area contributed by atoms with Crippen molar-refractivity contribution in [3.63, 3.8) is 0 Å². The van der Waals surface area contributed by atoms with Crippen LogP contribution in [0.2, 0.25) is 0 Å². The van der Waals surface area contributed by atoms with Gasteiger partial charge in [-0.3, -0.25) is 14.5 Å². The van der Waals surface area contributed by atoms with E-state index < -0.39 is 46.0 Å². The average Bonchev–Trinajstić information content (AvgIpc) is 3.34. The smallest absolute Gasteiger partial charge is 0.330 e. The number of nitrogens with zero attached hydrogens (tertiary/aromatic N) is 1. The molecule has 1 spiro atoms. The summed E-state index contributed by atoms with van der Waals surface area (Å²) >= 11 is 0. The number of hydrogen-bond donors (Lipinski definition) is 2. The number of ether oxygens (including phenoxy) is 4. The third kappa shape index (κ3) is 3.17. The number of carbonyl (C=O) groups excluding carboxylic acids is 3. The van der Waals surface area contributed by atoms with Crippen LogP contribution in [0, 0.1) is 11.3 Å². The van der Waals surface area contributed by atoms with Crippen molar-refractivity contribution in [3.05, 3.63) is 65.7 Å². The number of rotatable bonds is 5. The van der Waals surface area contributed by atoms with Crippen LogP contribution in [0.3, 0.4) is 0 Å². The number of piperidine rings is 1. The second-order valence-corrected chi connectivity index (χ2v) is 11.9. The quantitative estimate of drug-likeness (QED) is 0.185. The lowest BCUT2D eigenvalue weighted by molar-refractivity contribution is -0.226. The highest BCUT2D eigenvalue weighted by molar-refractivity contribution is 5.92. The van der Waals surface area contributed by atoms with Crippen LogP contribution in [0.25, 0.3) is 6.08 Å². The van der Waals surface area contributed by atoms with Gasteiger partial charge < -0.3 is 29.4 Å². The summed E-state index contributed by atoms with van der Waals surface area (Å²) in [5.74, 6) is -2.25. The highest BCUT2D eigenvalue weighted by Crippen LogP contribution is 2.74. The first kappa shape index (κ1) is 26.0. The molecule has 1 saturated carbocycles. The van der Waals surface area contributed by atoms with Crippen molar-refractivity contribution in [1.82, 2.24) is 4.90 Å². The van der Waals surface area contributed by atoms with E-state index in [-0.39, 0.29) is 30.9 Å². The van der Waals surface area contributed by atoms with Crippen molar-refractivity contribution >= 4 is 29.7 Å². The number of carbonyl (C=O) groups is 3. The van der Waals surface area contributed by atoms with Crippen molar-refractivity contribution < 1.29 is 38.4 Å². The van der Waals surface area contributed by atoms with Crippen LogP contribution >= 0.6 is 0 Å². The van der Waals surface area contributed by atoms with Gasteiger partial charge in [-0.1, -0.05) is 30.3 Å². The van der Waals surface area contributed by atoms with Crippen LogP contribution in [0.15, 0.2) is 54.6 Å². The summed E-state index contributed by atoms with van der Waals surface area (Å²) in [6.07, 6.45) is 3.04. The molecule has 0 radical (unpaired) electrons. The molecule has 2 aromatic carbocycles. The molecule has 1 aliphatic carbocycles. The van der Waals surface area contributed by atoms with Crippen LogP contribution in [0.5, 0.6) is 5.75 Å². The summed E-state index contributed by atoms with van der Waals surface area (Å²) in [7, 11) is 3.26. The number of fused-ring (bicyclic) bond motifs is 4. The van der Waals surface area contributed by atoms with Gasteiger partial charge in [-0.2, -0.15) is 0 Å². The van der Waals surface area contributed by atoms with Crippen LogP contribution < -0.4 is 5.32 Å². The van der Waals surface area contributed by atoms with E-state index in [1.165, 1.54) is 13.2 Å². The summed E-state index contributed by atoms with van der Waals surface area (Å²) in [6, 6.07) is 13.8. The largest absolute Gasteiger partial charge is 0.508 e. The molecule has 3 saturated heterocycles. The van der Waals surface area contributed by atoms with Crippen molar-refractivity contribution in [2.75, 3.05) is 32.6 Å². The zero-order chi connectivity index (χ0) is 28.8. The number of nitrogens with one attached hydrogen (secondary N) is 1. The molecular formula is C31H32N2O8. The van der Waals surface area contributed by atoms with Crippen molar-refractivity contribution in [2.24, 2.45) is 11.3 Å². The molecule has 0 amide bonds. The third-order valence-electron chi connectivity index (χ3n) is 10.2. The standard InChI is InChI=1S/C31H32N2O8/c1-18-29(40-18)16-33(2)24-14-23(29)28(27(37)38-3,17-39-25(35)12-9-19-7-5-4-6-8-19)30-15-26(36)41-31(24,30)32-22-11-10-20(34)13-21(22)30/h4-13,18,23-24,32,34H,14-17H2,1-3H3. The fraction of sp³-hybridized carbons (Fsp3) is 0.452. The van der Waals surface area contributed by atoms with Crippen LogP contribution in [0.4, 0.5) is 5.69 Å². The Morgan fingerprint density at radius 1 is 1.22 bits per heavy atom. The number of epoxide rings is 1. The summed E-state index contributed by atoms with van der Waals surface area (Å²) in [6.45, 7) is 2.09. The lowest BCUT2D eigenvalue weighted by atomic mass is 9.42. The van der Waals surface area contributed by atoms with Crippen LogP contribution in [-0.4, -0.2) is 78.7 Å². The molecule has 2 bridgehead atoms. The summed E-state index contributed by atoms with van der Waals surface area (Å²) in [4.78, 5) is 43.1. The number of esters is 3. The second kappa shape index (κ2) is 8.56. The van der Waals surface area contributed by atoms with Gasteiger partial charge in [0.15, 0.2) is 0 Å². The van der Waals surface area contributed by atoms with Gasteiger partial charge in [-0.15, -0.1) is 0 Å². The molecule has 4 fully saturated rings. The van der Waals surface area contributed by atoms with Crippen LogP contribution in [0.1, 0.15) is 30.9 Å². The average molecular weight is 561 g/mol. The number of aromatic hydroxyl groups is 1. The van der Waals surface area contributed by atoms with Gasteiger partial charge in [0.1, 0.15) is 23.4 Å². The normalized spacial score (nSPS) is 38.0. The van der Waals surface area contributed by atoms with E-state index in [1.54, 1.807) is 24.3 Å². The van der Waals surface area contributed by atoms with E-state index in [9.17, 15) is 19.5 Å². The number of benzene rings is 2. The molecule has 4 aliphatic heterocycles. The highest BCUT2D eigenvalue weighted by atomic mass is 16.6. The molecule has 7 unspecified atom stereocenters. The zero-order valence-corrected chi connectivity index (χ0v) is 23.1. The van der Waals surface area contributed by atoms with Gasteiger partial charge in [0.05, 0.1) is 31.1 Å². The predicted octanol–water partition coefficient (Wildman–Crippen LogP) is 2.61. The second-order valence-electron chi connectivity index (χ2n) is 11.9. The fourth-order valence-corrected chi connectivity index (χ4v) is 8.61. The molecule has 2 aromatic rings. The van der Waals surface area contributed by atoms with Gasteiger partial charge in [-0.25, -0.2) is 4.79 Å². The minimum absolute atomic E-state index is 0.0218. The van der Waals surface area contributed by atoms with E-state index >= 15 is 0 Å². The third-order valence-corrected chi connectivity index (χ3v) is 10.2. The minimum Gasteiger partial charge on any atom is -0.508 e. The number of hydrogen-bond acceptors (Lipinski definition) is 10. The SMILES string of the molecule is COC(=O)C1(COC(=O)C=Cc2ccccc2)C2CC(N(C)CC23OC3C)C23Nc4ccc(O)cc4C21CC(=O)O3. The number of methoxy groups -OCH3 is 1. The Kier molecular flexibility index (Phi) is 5.44. The Morgan fingerprint density at radius 2 is 1.98 bits per heavy atom. The van der Waals surface area contributed by atoms with E-state index in [1.807, 2.05) is 44.3 Å². The van der Waals surface area contributed by atoms with Gasteiger partial charge >= 0.3 is 17.9 Å². The van der Waals surface area contributed by atoms with E-state index in [2.05, 4.69) is 10.2 Å². The molecule has 10 heteroatoms. The summed E-state index contributed by atoms with van der Waals surface area (Å²) in [5, 5.41) is 14.1. The topological polar surface area (TPSA) is 127 Å². The maximum absolute atomic E-state index is 14.4. The Balaban J connectivity index is 1.42. The number of likely N-dealkylation sites (tertiary alicyclic amines) is 1. The molecule has 0 aromatic heterocycles. The number of likely N-dealkylation sites (N-methyl/N-ethyl adjacent to an activating group) is 1. The minimum atomic E-state index is -1.58. The molecule has 5 aliphatic rings. The Hall–Kier alpha value is -3.89. The van der Waals surface area contributed by atoms with Crippen molar-refractivity contribution in [3.8, 4) is 5.75 Å². The van der Waals surface area contributed by atoms with Gasteiger partial charge in [0, 0.05) is 24.2 Å². The first-order chi connectivity index (χ1) is 19.6. The molecule has 7 rings (SSSR count). The maximum atomic E-state index is 14.4. The molecule has 41 heavy (non-hydrogen) atoms. The lowest BCUT2D eigenvalue weighted by Crippen LogP contribution is -2.80. The highest BCUT2D eigenvalue weighted by Gasteiger charge is 2.88. The summed E-state index contributed by atoms with van der Waals surface area (Å²) in [5.41, 5.74) is -3.04. The van der Waals surface area contributed by atoms with E-state index in [0.29, 0.717) is 24.2 Å². The van der Waals surface area contributed by atoms with E-state index in [4.69, 9.17) is 18.9 Å². The maximum Gasteiger partial charge on any atom is 0.330 e. The lowest BCUT2D eigenvalue weighted by Gasteiger charge is -2.64. The predicted molar refractivity (Wildman–Crippen MR) is 146 cm³/mol. The first-order valence-electron chi connectivity index (χ1n) is 13.8. The van der Waals surface area contributed by atoms with Crippen LogP contribution in [-0.2, 0) is 38.7 Å². The van der Waals surface area contributed by atoms with Crippen molar-refractivity contribution in [2.45, 2.75) is 48.7 Å². The Bertz CT molecular complexity index is 1490. The first-order valence-corrected chi connectivity index (χ1v) is 13.8. The monoisotopic (exact) mass is 560 g/mol. The molecule has 214 valence electrons. The number of anilines is 1. The van der Waals surface area contributed by atoms with Gasteiger partial charge in [0.25, 0.3) is 0 Å². The van der Waals surface area contributed by atoms with E-state index in [0.717, 1.165) is 5.56 Å². The summed E-state index contributed by atoms with van der Waals surface area (Å²) < 4.78 is 24.0. The number of phenolic OH excluding ortho intramolecular Hbond substituents is 1. The fourth-order valence-electron chi connectivity index (χ4n) is 8.61. The number of phenols is 1.